The van der Waals surface area contributed by atoms with Crippen LogP contribution in [-0.2, 0) is 0 Å². The van der Waals surface area contributed by atoms with Crippen LogP contribution in [0, 0.1) is 12.8 Å². The minimum atomic E-state index is 0.521. The Labute approximate surface area is 79.4 Å². The number of aromatic nitrogens is 1. The van der Waals surface area contributed by atoms with Gasteiger partial charge in [-0.05, 0) is 43.9 Å². The van der Waals surface area contributed by atoms with Crippen LogP contribution in [0.3, 0.4) is 0 Å². The van der Waals surface area contributed by atoms with Crippen molar-refractivity contribution in [3.8, 4) is 0 Å². The largest absolute Gasteiger partial charge is 0.313 e. The molecule has 1 heterocycles. The minimum Gasteiger partial charge on any atom is -0.313 e. The lowest BCUT2D eigenvalue weighted by atomic mass is 10.0. The number of nitrogens with one attached hydrogen (secondary N) is 1. The normalized spacial score (nSPS) is 18.6. The fraction of sp³-hybridized carbons (Fsp3) is 0.545. The summed E-state index contributed by atoms with van der Waals surface area (Å²) in [7, 11) is 2.03. The van der Waals surface area contributed by atoms with E-state index in [-0.39, 0.29) is 0 Å². The van der Waals surface area contributed by atoms with Gasteiger partial charge in [-0.1, -0.05) is 6.07 Å². The Balaban J connectivity index is 2.21. The number of pyridine rings is 1. The molecule has 2 rings (SSSR count). The van der Waals surface area contributed by atoms with Crippen molar-refractivity contribution in [1.29, 1.82) is 0 Å². The zero-order valence-corrected chi connectivity index (χ0v) is 8.25. The minimum absolute atomic E-state index is 0.521. The first kappa shape index (κ1) is 8.70. The first-order chi connectivity index (χ1) is 6.31. The van der Waals surface area contributed by atoms with Crippen molar-refractivity contribution in [3.05, 3.63) is 29.6 Å². The third-order valence-electron chi connectivity index (χ3n) is 2.66. The Bertz CT molecular complexity index is 292. The van der Waals surface area contributed by atoms with Gasteiger partial charge in [0.15, 0.2) is 0 Å². The molecule has 0 aromatic carbocycles. The zero-order chi connectivity index (χ0) is 9.26. The van der Waals surface area contributed by atoms with E-state index in [9.17, 15) is 0 Å². The van der Waals surface area contributed by atoms with Gasteiger partial charge in [0, 0.05) is 18.4 Å². The predicted molar refractivity (Wildman–Crippen MR) is 53.5 cm³/mol. The van der Waals surface area contributed by atoms with Crippen LogP contribution in [0.4, 0.5) is 0 Å². The van der Waals surface area contributed by atoms with Crippen molar-refractivity contribution in [2.75, 3.05) is 7.05 Å². The van der Waals surface area contributed by atoms with Gasteiger partial charge in [0.05, 0.1) is 0 Å². The molecule has 0 saturated heterocycles. The highest BCUT2D eigenvalue weighted by atomic mass is 14.9. The van der Waals surface area contributed by atoms with Crippen LogP contribution < -0.4 is 5.32 Å². The number of hydrogen-bond acceptors (Lipinski definition) is 2. The summed E-state index contributed by atoms with van der Waals surface area (Å²) in [6, 6.07) is 2.75. The third-order valence-corrected chi connectivity index (χ3v) is 2.66. The molecule has 1 aromatic heterocycles. The second-order valence-corrected chi connectivity index (χ2v) is 3.90. The van der Waals surface area contributed by atoms with Crippen molar-refractivity contribution in [2.24, 2.45) is 5.92 Å². The van der Waals surface area contributed by atoms with Gasteiger partial charge in [0.25, 0.3) is 0 Å². The Kier molecular flexibility index (Phi) is 2.32. The summed E-state index contributed by atoms with van der Waals surface area (Å²) in [5.74, 6) is 0.841. The maximum atomic E-state index is 4.22. The van der Waals surface area contributed by atoms with E-state index in [1.165, 1.54) is 24.0 Å². The topological polar surface area (TPSA) is 24.9 Å². The Morgan fingerprint density at radius 2 is 2.23 bits per heavy atom. The van der Waals surface area contributed by atoms with Gasteiger partial charge >= 0.3 is 0 Å². The van der Waals surface area contributed by atoms with Crippen molar-refractivity contribution in [2.45, 2.75) is 25.8 Å². The smallest absolute Gasteiger partial charge is 0.0361 e. The number of aryl methyl sites for hydroxylation is 1. The SMILES string of the molecule is CNC(c1cncc(C)c1)C1CC1. The van der Waals surface area contributed by atoms with Crippen molar-refractivity contribution < 1.29 is 0 Å². The summed E-state index contributed by atoms with van der Waals surface area (Å²) < 4.78 is 0. The van der Waals surface area contributed by atoms with Crippen LogP contribution in [0.25, 0.3) is 0 Å². The van der Waals surface area contributed by atoms with Crippen molar-refractivity contribution >= 4 is 0 Å². The summed E-state index contributed by atoms with van der Waals surface area (Å²) in [6.45, 7) is 2.09. The van der Waals surface area contributed by atoms with Crippen LogP contribution in [0.2, 0.25) is 0 Å². The molecular weight excluding hydrogens is 160 g/mol. The molecule has 1 fully saturated rings. The molecule has 1 unspecified atom stereocenters. The van der Waals surface area contributed by atoms with E-state index in [0.717, 1.165) is 5.92 Å². The summed E-state index contributed by atoms with van der Waals surface area (Å²) in [5, 5.41) is 3.37. The molecule has 70 valence electrons. The summed E-state index contributed by atoms with van der Waals surface area (Å²) in [4.78, 5) is 4.22. The van der Waals surface area contributed by atoms with E-state index in [2.05, 4.69) is 23.3 Å². The van der Waals surface area contributed by atoms with Crippen molar-refractivity contribution in [1.82, 2.24) is 10.3 Å². The maximum Gasteiger partial charge on any atom is 0.0361 e. The molecule has 0 spiro atoms. The second-order valence-electron chi connectivity index (χ2n) is 3.90. The van der Waals surface area contributed by atoms with Gasteiger partial charge in [-0.3, -0.25) is 4.98 Å². The molecule has 0 radical (unpaired) electrons. The quantitative estimate of drug-likeness (QED) is 0.762. The van der Waals surface area contributed by atoms with Gasteiger partial charge in [-0.15, -0.1) is 0 Å². The molecule has 0 amide bonds. The first-order valence-corrected chi connectivity index (χ1v) is 4.90. The second kappa shape index (κ2) is 3.46. The summed E-state index contributed by atoms with van der Waals surface area (Å²) in [6.07, 6.45) is 6.61. The van der Waals surface area contributed by atoms with E-state index >= 15 is 0 Å². The van der Waals surface area contributed by atoms with Gasteiger partial charge in [-0.2, -0.15) is 0 Å². The number of hydrogen-bond donors (Lipinski definition) is 1. The zero-order valence-electron chi connectivity index (χ0n) is 8.25. The fourth-order valence-corrected chi connectivity index (χ4v) is 1.85. The van der Waals surface area contributed by atoms with E-state index in [1.54, 1.807) is 0 Å². The van der Waals surface area contributed by atoms with Crippen LogP contribution in [0.5, 0.6) is 0 Å². The van der Waals surface area contributed by atoms with Crippen molar-refractivity contribution in [3.63, 3.8) is 0 Å². The molecule has 2 nitrogen and oxygen atoms in total. The lowest BCUT2D eigenvalue weighted by molar-refractivity contribution is 0.527. The average Bonchev–Trinajstić information content (AvgIpc) is 2.90. The number of rotatable bonds is 3. The predicted octanol–water partition coefficient (Wildman–Crippen LogP) is 2.06. The Morgan fingerprint density at radius 1 is 1.46 bits per heavy atom. The molecule has 0 aliphatic heterocycles. The lowest BCUT2D eigenvalue weighted by Crippen LogP contribution is -2.18. The number of nitrogens with zero attached hydrogens (tertiary/aromatic N) is 1. The lowest BCUT2D eigenvalue weighted by Gasteiger charge is -2.15. The van der Waals surface area contributed by atoms with E-state index < -0.39 is 0 Å². The highest BCUT2D eigenvalue weighted by molar-refractivity contribution is 5.21. The van der Waals surface area contributed by atoms with E-state index in [0.29, 0.717) is 6.04 Å². The van der Waals surface area contributed by atoms with Gasteiger partial charge in [0.1, 0.15) is 0 Å². The van der Waals surface area contributed by atoms with Gasteiger partial charge in [-0.25, -0.2) is 0 Å². The maximum absolute atomic E-state index is 4.22. The fourth-order valence-electron chi connectivity index (χ4n) is 1.85. The molecule has 1 saturated carbocycles. The highest BCUT2D eigenvalue weighted by Gasteiger charge is 2.31. The summed E-state index contributed by atoms with van der Waals surface area (Å²) >= 11 is 0. The highest BCUT2D eigenvalue weighted by Crippen LogP contribution is 2.40. The average molecular weight is 176 g/mol. The van der Waals surface area contributed by atoms with Crippen LogP contribution >= 0.6 is 0 Å². The molecule has 2 heteroatoms. The first-order valence-electron chi connectivity index (χ1n) is 4.90. The van der Waals surface area contributed by atoms with Crippen LogP contribution in [0.15, 0.2) is 18.5 Å². The van der Waals surface area contributed by atoms with Gasteiger partial charge < -0.3 is 5.32 Å². The molecule has 1 aliphatic carbocycles. The molecule has 1 atom stereocenters. The van der Waals surface area contributed by atoms with E-state index in [1.807, 2.05) is 19.4 Å². The standard InChI is InChI=1S/C11H16N2/c1-8-5-10(7-13-6-8)11(12-2)9-3-4-9/h5-7,9,11-12H,3-4H2,1-2H3. The Hall–Kier alpha value is -0.890. The molecule has 1 aliphatic rings. The summed E-state index contributed by atoms with van der Waals surface area (Å²) in [5.41, 5.74) is 2.59. The third kappa shape index (κ3) is 1.89. The van der Waals surface area contributed by atoms with Crippen LogP contribution in [-0.4, -0.2) is 12.0 Å². The Morgan fingerprint density at radius 3 is 2.77 bits per heavy atom. The molecule has 1 N–H and O–H groups in total. The molecule has 13 heavy (non-hydrogen) atoms. The molecular formula is C11H16N2. The van der Waals surface area contributed by atoms with E-state index in [4.69, 9.17) is 0 Å². The van der Waals surface area contributed by atoms with Gasteiger partial charge in [0.2, 0.25) is 0 Å². The monoisotopic (exact) mass is 176 g/mol. The molecule has 0 bridgehead atoms. The molecule has 1 aromatic rings. The van der Waals surface area contributed by atoms with Crippen LogP contribution in [0.1, 0.15) is 30.0 Å².